The van der Waals surface area contributed by atoms with Gasteiger partial charge in [0.2, 0.25) is 10.0 Å². The number of hydrogen-bond donors (Lipinski definition) is 0. The van der Waals surface area contributed by atoms with E-state index in [-0.39, 0.29) is 17.3 Å². The first-order chi connectivity index (χ1) is 12.4. The molecule has 3 rings (SSSR count). The smallest absolute Gasteiger partial charge is 0.253 e. The van der Waals surface area contributed by atoms with Gasteiger partial charge in [-0.2, -0.15) is 14.7 Å². The molecule has 1 amide bonds. The number of hydrogen-bond acceptors (Lipinski definition) is 5. The van der Waals surface area contributed by atoms with Crippen molar-refractivity contribution in [2.45, 2.75) is 11.3 Å². The zero-order chi connectivity index (χ0) is 18.7. The van der Waals surface area contributed by atoms with Gasteiger partial charge in [0.05, 0.1) is 17.8 Å². The molecule has 1 aliphatic heterocycles. The van der Waals surface area contributed by atoms with Crippen LogP contribution in [0.15, 0.2) is 41.6 Å². The maximum Gasteiger partial charge on any atom is 0.253 e. The van der Waals surface area contributed by atoms with E-state index in [0.717, 1.165) is 0 Å². The molecule has 26 heavy (non-hydrogen) atoms. The van der Waals surface area contributed by atoms with Crippen molar-refractivity contribution >= 4 is 15.9 Å². The summed E-state index contributed by atoms with van der Waals surface area (Å²) in [5.74, 6) is -0.157. The Morgan fingerprint density at radius 1 is 1.15 bits per heavy atom. The van der Waals surface area contributed by atoms with Crippen LogP contribution in [0.3, 0.4) is 0 Å². The highest BCUT2D eigenvalue weighted by atomic mass is 32.2. The Kier molecular flexibility index (Phi) is 5.06. The van der Waals surface area contributed by atoms with Gasteiger partial charge in [-0.3, -0.25) is 9.48 Å². The van der Waals surface area contributed by atoms with Gasteiger partial charge in [0, 0.05) is 45.0 Å². The molecule has 0 N–H and O–H groups in total. The lowest BCUT2D eigenvalue weighted by Crippen LogP contribution is -2.37. The summed E-state index contributed by atoms with van der Waals surface area (Å²) < 4.78 is 28.3. The van der Waals surface area contributed by atoms with Crippen LogP contribution in [0.25, 0.3) is 0 Å². The average Bonchev–Trinajstić information content (AvgIpc) is 2.94. The zero-order valence-corrected chi connectivity index (χ0v) is 15.2. The maximum atomic E-state index is 12.7. The molecule has 1 aliphatic rings. The summed E-state index contributed by atoms with van der Waals surface area (Å²) in [6.07, 6.45) is 3.36. The fraction of sp³-hybridized carbons (Fsp3) is 0.353. The van der Waals surface area contributed by atoms with Gasteiger partial charge in [-0.25, -0.2) is 8.42 Å². The molecule has 2 heterocycles. The van der Waals surface area contributed by atoms with Crippen molar-refractivity contribution in [3.8, 4) is 6.07 Å². The monoisotopic (exact) mass is 373 g/mol. The SMILES string of the molecule is Cn1cc(S(=O)(=O)N2CCCN(C(=O)c3ccc(C#N)cc3)CC2)cn1. The molecule has 1 aromatic carbocycles. The molecule has 136 valence electrons. The third-order valence-corrected chi connectivity index (χ3v) is 6.17. The van der Waals surface area contributed by atoms with E-state index in [9.17, 15) is 13.2 Å². The molecular formula is C17H19N5O3S. The molecule has 0 bridgehead atoms. The minimum atomic E-state index is -3.61. The van der Waals surface area contributed by atoms with E-state index in [0.29, 0.717) is 37.2 Å². The summed E-state index contributed by atoms with van der Waals surface area (Å²) >= 11 is 0. The van der Waals surface area contributed by atoms with Crippen molar-refractivity contribution in [1.29, 1.82) is 5.26 Å². The number of carbonyl (C=O) groups excluding carboxylic acids is 1. The van der Waals surface area contributed by atoms with Crippen LogP contribution >= 0.6 is 0 Å². The molecule has 1 aromatic heterocycles. The molecule has 1 fully saturated rings. The summed E-state index contributed by atoms with van der Waals surface area (Å²) in [7, 11) is -1.95. The fourth-order valence-corrected chi connectivity index (χ4v) is 4.34. The summed E-state index contributed by atoms with van der Waals surface area (Å²) in [6, 6.07) is 8.46. The van der Waals surface area contributed by atoms with Crippen LogP contribution in [0.4, 0.5) is 0 Å². The topological polar surface area (TPSA) is 99.3 Å². The van der Waals surface area contributed by atoms with E-state index in [2.05, 4.69) is 5.10 Å². The highest BCUT2D eigenvalue weighted by Crippen LogP contribution is 2.18. The van der Waals surface area contributed by atoms with Crippen LogP contribution < -0.4 is 0 Å². The second-order valence-electron chi connectivity index (χ2n) is 6.09. The molecule has 0 radical (unpaired) electrons. The van der Waals surface area contributed by atoms with Crippen LogP contribution in [0, 0.1) is 11.3 Å². The number of amides is 1. The highest BCUT2D eigenvalue weighted by molar-refractivity contribution is 7.89. The minimum absolute atomic E-state index is 0.157. The van der Waals surface area contributed by atoms with E-state index in [1.165, 1.54) is 21.4 Å². The third-order valence-electron chi connectivity index (χ3n) is 4.32. The number of aromatic nitrogens is 2. The van der Waals surface area contributed by atoms with Gasteiger partial charge >= 0.3 is 0 Å². The highest BCUT2D eigenvalue weighted by Gasteiger charge is 2.29. The molecule has 2 aromatic rings. The van der Waals surface area contributed by atoms with Crippen LogP contribution in [-0.4, -0.2) is 59.5 Å². The molecular weight excluding hydrogens is 354 g/mol. The van der Waals surface area contributed by atoms with Crippen molar-refractivity contribution in [3.05, 3.63) is 47.8 Å². The van der Waals surface area contributed by atoms with Crippen molar-refractivity contribution in [2.24, 2.45) is 7.05 Å². The second-order valence-corrected chi connectivity index (χ2v) is 8.03. The second kappa shape index (κ2) is 7.27. The normalized spacial score (nSPS) is 16.1. The Morgan fingerprint density at radius 3 is 2.50 bits per heavy atom. The van der Waals surface area contributed by atoms with Crippen molar-refractivity contribution < 1.29 is 13.2 Å². The number of rotatable bonds is 3. The summed E-state index contributed by atoms with van der Waals surface area (Å²) in [4.78, 5) is 14.5. The summed E-state index contributed by atoms with van der Waals surface area (Å²) in [5.41, 5.74) is 0.985. The largest absolute Gasteiger partial charge is 0.337 e. The van der Waals surface area contributed by atoms with Gasteiger partial charge in [-0.1, -0.05) is 0 Å². The van der Waals surface area contributed by atoms with E-state index in [1.807, 2.05) is 6.07 Å². The van der Waals surface area contributed by atoms with E-state index in [4.69, 9.17) is 5.26 Å². The van der Waals surface area contributed by atoms with Gasteiger partial charge in [-0.15, -0.1) is 0 Å². The number of aryl methyl sites for hydroxylation is 1. The van der Waals surface area contributed by atoms with E-state index >= 15 is 0 Å². The molecule has 0 spiro atoms. The summed E-state index contributed by atoms with van der Waals surface area (Å²) in [6.45, 7) is 1.39. The lowest BCUT2D eigenvalue weighted by atomic mass is 10.1. The molecule has 9 heteroatoms. The maximum absolute atomic E-state index is 12.7. The van der Waals surface area contributed by atoms with Crippen molar-refractivity contribution in [2.75, 3.05) is 26.2 Å². The Balaban J connectivity index is 1.71. The van der Waals surface area contributed by atoms with Crippen LogP contribution in [-0.2, 0) is 17.1 Å². The number of nitrogens with zero attached hydrogens (tertiary/aromatic N) is 5. The molecule has 0 saturated carbocycles. The zero-order valence-electron chi connectivity index (χ0n) is 14.4. The number of sulfonamides is 1. The van der Waals surface area contributed by atoms with Gasteiger partial charge < -0.3 is 4.90 Å². The van der Waals surface area contributed by atoms with E-state index in [1.54, 1.807) is 36.2 Å². The van der Waals surface area contributed by atoms with E-state index < -0.39 is 10.0 Å². The standard InChI is InChI=1S/C17H19N5O3S/c1-20-13-16(12-19-20)26(24,25)22-8-2-7-21(9-10-22)17(23)15-5-3-14(11-18)4-6-15/h3-6,12-13H,2,7-10H2,1H3. The van der Waals surface area contributed by atoms with Crippen molar-refractivity contribution in [3.63, 3.8) is 0 Å². The van der Waals surface area contributed by atoms with Crippen LogP contribution in [0.1, 0.15) is 22.3 Å². The first-order valence-corrected chi connectivity index (χ1v) is 9.64. The first kappa shape index (κ1) is 18.1. The Morgan fingerprint density at radius 2 is 1.88 bits per heavy atom. The van der Waals surface area contributed by atoms with Gasteiger partial charge in [-0.05, 0) is 30.7 Å². The summed E-state index contributed by atoms with van der Waals surface area (Å²) in [5, 5.41) is 12.8. The molecule has 0 aliphatic carbocycles. The molecule has 1 saturated heterocycles. The lowest BCUT2D eigenvalue weighted by Gasteiger charge is -2.21. The minimum Gasteiger partial charge on any atom is -0.337 e. The third kappa shape index (κ3) is 3.61. The molecule has 8 nitrogen and oxygen atoms in total. The quantitative estimate of drug-likeness (QED) is 0.793. The Hall–Kier alpha value is -2.70. The number of carbonyl (C=O) groups is 1. The molecule has 0 unspecified atom stereocenters. The van der Waals surface area contributed by atoms with Gasteiger partial charge in [0.15, 0.2) is 0 Å². The van der Waals surface area contributed by atoms with Gasteiger partial charge in [0.1, 0.15) is 4.90 Å². The van der Waals surface area contributed by atoms with Crippen LogP contribution in [0.2, 0.25) is 0 Å². The predicted molar refractivity (Wildman–Crippen MR) is 93.6 cm³/mol. The van der Waals surface area contributed by atoms with Crippen LogP contribution in [0.5, 0.6) is 0 Å². The first-order valence-electron chi connectivity index (χ1n) is 8.20. The average molecular weight is 373 g/mol. The predicted octanol–water partition coefficient (Wildman–Crippen LogP) is 0.829. The Labute approximate surface area is 152 Å². The number of benzene rings is 1. The van der Waals surface area contributed by atoms with Crippen molar-refractivity contribution in [1.82, 2.24) is 19.0 Å². The number of nitriles is 1. The van der Waals surface area contributed by atoms with Gasteiger partial charge in [0.25, 0.3) is 5.91 Å². The Bertz CT molecular complexity index is 944. The fourth-order valence-electron chi connectivity index (χ4n) is 2.89. The lowest BCUT2D eigenvalue weighted by molar-refractivity contribution is 0.0764. The molecule has 0 atom stereocenters.